The van der Waals surface area contributed by atoms with Crippen molar-refractivity contribution in [2.75, 3.05) is 20.7 Å². The van der Waals surface area contributed by atoms with Crippen molar-refractivity contribution in [3.05, 3.63) is 6.42 Å². The predicted octanol–water partition coefficient (Wildman–Crippen LogP) is 2.17. The van der Waals surface area contributed by atoms with Crippen LogP contribution in [0.25, 0.3) is 0 Å². The summed E-state index contributed by atoms with van der Waals surface area (Å²) < 4.78 is 24.2. The maximum atomic E-state index is 12.1. The fraction of sp³-hybridized carbons (Fsp3) is 0.944. The number of hydrogen-bond donors (Lipinski definition) is 1. The second-order valence-electron chi connectivity index (χ2n) is 6.24. The molecular formula is C18H38F2KNO. The van der Waals surface area contributed by atoms with Gasteiger partial charge >= 0.3 is 51.4 Å². The molecule has 2 aliphatic rings. The van der Waals surface area contributed by atoms with Crippen molar-refractivity contribution in [2.45, 2.75) is 85.1 Å². The van der Waals surface area contributed by atoms with E-state index < -0.39 is 11.3 Å². The van der Waals surface area contributed by atoms with Crippen LogP contribution < -0.4 is 51.4 Å². The molecule has 2 nitrogen and oxygen atoms in total. The van der Waals surface area contributed by atoms with Crippen molar-refractivity contribution >= 4 is 0 Å². The number of rotatable bonds is 2. The molecule has 2 fully saturated rings. The van der Waals surface area contributed by atoms with Gasteiger partial charge in [0.1, 0.15) is 0 Å². The van der Waals surface area contributed by atoms with Gasteiger partial charge in [0.15, 0.2) is 0 Å². The molecule has 1 N–H and O–H groups in total. The first kappa shape index (κ1) is 29.2. The molecule has 136 valence electrons. The van der Waals surface area contributed by atoms with Crippen molar-refractivity contribution in [1.29, 1.82) is 0 Å². The molecule has 0 aliphatic heterocycles. The summed E-state index contributed by atoms with van der Waals surface area (Å²) in [6, 6.07) is 0.856. The SMILES string of the molecule is CC.CC.CC1(CO)CC(F)(F)C1.CN(C)C1CC[CH-]CC1.[K+]. The Morgan fingerprint density at radius 2 is 1.43 bits per heavy atom. The number of aliphatic hydroxyl groups excluding tert-OH is 1. The van der Waals surface area contributed by atoms with Gasteiger partial charge in [-0.15, -0.1) is 0 Å². The Labute approximate surface area is 186 Å². The molecule has 23 heavy (non-hydrogen) atoms. The summed E-state index contributed by atoms with van der Waals surface area (Å²) in [5.74, 6) is -2.50. The minimum absolute atomic E-state index is 0. The topological polar surface area (TPSA) is 23.5 Å². The molecule has 0 unspecified atom stereocenters. The summed E-state index contributed by atoms with van der Waals surface area (Å²) in [7, 11) is 4.35. The third kappa shape index (κ3) is 13.3. The van der Waals surface area contributed by atoms with E-state index in [1.165, 1.54) is 25.7 Å². The summed E-state index contributed by atoms with van der Waals surface area (Å²) in [5, 5.41) is 8.54. The van der Waals surface area contributed by atoms with Crippen LogP contribution in [0.15, 0.2) is 0 Å². The van der Waals surface area contributed by atoms with Crippen molar-refractivity contribution in [1.82, 2.24) is 4.90 Å². The average Bonchev–Trinajstić information content (AvgIpc) is 2.51. The molecule has 0 radical (unpaired) electrons. The van der Waals surface area contributed by atoms with E-state index in [4.69, 9.17) is 5.11 Å². The van der Waals surface area contributed by atoms with Crippen LogP contribution in [0, 0.1) is 11.8 Å². The van der Waals surface area contributed by atoms with Crippen molar-refractivity contribution in [2.24, 2.45) is 5.41 Å². The number of nitrogens with zero attached hydrogens (tertiary/aromatic N) is 1. The van der Waals surface area contributed by atoms with Gasteiger partial charge in [0.05, 0.1) is 0 Å². The third-order valence-corrected chi connectivity index (χ3v) is 3.89. The molecule has 2 aliphatic carbocycles. The Bertz CT molecular complexity index is 249. The van der Waals surface area contributed by atoms with Crippen LogP contribution in [0.1, 0.15) is 73.1 Å². The van der Waals surface area contributed by atoms with Gasteiger partial charge in [-0.2, -0.15) is 12.8 Å². The second kappa shape index (κ2) is 15.7. The predicted molar refractivity (Wildman–Crippen MR) is 92.3 cm³/mol. The van der Waals surface area contributed by atoms with Crippen LogP contribution >= 0.6 is 0 Å². The van der Waals surface area contributed by atoms with Gasteiger partial charge in [-0.3, -0.25) is 0 Å². The molecule has 0 saturated heterocycles. The van der Waals surface area contributed by atoms with E-state index in [-0.39, 0.29) is 70.8 Å². The number of hydrogen-bond acceptors (Lipinski definition) is 2. The van der Waals surface area contributed by atoms with E-state index in [1.54, 1.807) is 6.92 Å². The fourth-order valence-corrected chi connectivity index (χ4v) is 2.73. The van der Waals surface area contributed by atoms with Gasteiger partial charge in [0.25, 0.3) is 0 Å². The van der Waals surface area contributed by atoms with Crippen LogP contribution in [-0.2, 0) is 0 Å². The Morgan fingerprint density at radius 3 is 1.61 bits per heavy atom. The van der Waals surface area contributed by atoms with Crippen LogP contribution in [0.2, 0.25) is 0 Å². The number of aliphatic hydroxyl groups is 1. The third-order valence-electron chi connectivity index (χ3n) is 3.89. The standard InChI is InChI=1S/C8H16N.C6H10F2O.2C2H6.K/c1-9(2)8-6-4-3-5-7-8;1-5(4-9)2-6(7,8)3-5;2*1-2;/h3,8H,4-7H2,1-2H3;9H,2-4H2,1H3;2*1-2H3;/q-1;;;;+1. The molecule has 0 aromatic carbocycles. The van der Waals surface area contributed by atoms with Gasteiger partial charge in [0, 0.05) is 30.9 Å². The zero-order chi connectivity index (χ0) is 17.8. The van der Waals surface area contributed by atoms with E-state index in [9.17, 15) is 8.78 Å². The van der Waals surface area contributed by atoms with Crippen LogP contribution in [0.4, 0.5) is 8.78 Å². The average molecular weight is 362 g/mol. The molecule has 2 saturated carbocycles. The van der Waals surface area contributed by atoms with E-state index in [2.05, 4.69) is 25.4 Å². The minimum Gasteiger partial charge on any atom is -0.396 e. The van der Waals surface area contributed by atoms with E-state index in [1.807, 2.05) is 27.7 Å². The summed E-state index contributed by atoms with van der Waals surface area (Å²) in [6.07, 6.45) is 7.47. The molecule has 0 bridgehead atoms. The van der Waals surface area contributed by atoms with Crippen LogP contribution in [0.5, 0.6) is 0 Å². The number of alkyl halides is 2. The number of halogens is 2. The van der Waals surface area contributed by atoms with Gasteiger partial charge in [-0.25, -0.2) is 8.78 Å². The van der Waals surface area contributed by atoms with Gasteiger partial charge in [-0.05, 0) is 14.1 Å². The largest absolute Gasteiger partial charge is 1.00 e. The van der Waals surface area contributed by atoms with Crippen molar-refractivity contribution in [3.63, 3.8) is 0 Å². The Balaban J connectivity index is -0.000000276. The zero-order valence-electron chi connectivity index (χ0n) is 16.8. The van der Waals surface area contributed by atoms with Gasteiger partial charge in [-0.1, -0.05) is 47.5 Å². The van der Waals surface area contributed by atoms with Crippen LogP contribution in [0.3, 0.4) is 0 Å². The monoisotopic (exact) mass is 361 g/mol. The van der Waals surface area contributed by atoms with Crippen molar-refractivity contribution in [3.8, 4) is 0 Å². The van der Waals surface area contributed by atoms with Crippen molar-refractivity contribution < 1.29 is 65.3 Å². The summed E-state index contributed by atoms with van der Waals surface area (Å²) in [5.41, 5.74) is -0.497. The molecule has 5 heteroatoms. The normalized spacial score (nSPS) is 21.0. The smallest absolute Gasteiger partial charge is 0.396 e. The first-order valence-electron chi connectivity index (χ1n) is 8.75. The van der Waals surface area contributed by atoms with Gasteiger partial charge < -0.3 is 16.4 Å². The Kier molecular flexibility index (Phi) is 19.9. The van der Waals surface area contributed by atoms with E-state index >= 15 is 0 Å². The first-order valence-corrected chi connectivity index (χ1v) is 8.75. The minimum atomic E-state index is -2.50. The molecular weight excluding hydrogens is 323 g/mol. The second-order valence-corrected chi connectivity index (χ2v) is 6.24. The molecule has 0 spiro atoms. The zero-order valence-corrected chi connectivity index (χ0v) is 19.9. The maximum absolute atomic E-state index is 12.1. The van der Waals surface area contributed by atoms with Crippen LogP contribution in [-0.4, -0.2) is 42.7 Å². The van der Waals surface area contributed by atoms with Gasteiger partial charge in [0.2, 0.25) is 5.92 Å². The summed E-state index contributed by atoms with van der Waals surface area (Å²) >= 11 is 0. The van der Waals surface area contributed by atoms with E-state index in [0.29, 0.717) is 0 Å². The molecule has 0 atom stereocenters. The quantitative estimate of drug-likeness (QED) is 0.602. The first-order chi connectivity index (χ1) is 10.3. The molecule has 0 aromatic heterocycles. The molecule has 0 heterocycles. The molecule has 2 rings (SSSR count). The Hall–Kier alpha value is 1.42. The maximum Gasteiger partial charge on any atom is 1.00 e. The Morgan fingerprint density at radius 1 is 1.04 bits per heavy atom. The van der Waals surface area contributed by atoms with E-state index in [0.717, 1.165) is 6.04 Å². The summed E-state index contributed by atoms with van der Waals surface area (Å²) in [4.78, 5) is 2.34. The molecule has 0 aromatic rings. The molecule has 0 amide bonds. The summed E-state index contributed by atoms with van der Waals surface area (Å²) in [6.45, 7) is 9.55. The fourth-order valence-electron chi connectivity index (χ4n) is 2.73.